The summed E-state index contributed by atoms with van der Waals surface area (Å²) in [6, 6.07) is 7.23. The molecule has 0 bridgehead atoms. The Morgan fingerprint density at radius 3 is 2.77 bits per heavy atom. The topological polar surface area (TPSA) is 102 Å². The second-order valence-electron chi connectivity index (χ2n) is 7.21. The van der Waals surface area contributed by atoms with Crippen LogP contribution < -0.4 is 10.6 Å². The summed E-state index contributed by atoms with van der Waals surface area (Å²) in [5.41, 5.74) is 0.874. The quantitative estimate of drug-likeness (QED) is 0.751. The van der Waals surface area contributed by atoms with Gasteiger partial charge in [-0.15, -0.1) is 5.10 Å². The zero-order chi connectivity index (χ0) is 18.7. The Morgan fingerprint density at radius 2 is 2.08 bits per heavy atom. The summed E-state index contributed by atoms with van der Waals surface area (Å²) in [5.74, 6) is -0.116. The molecule has 1 saturated carbocycles. The standard InChI is InChI=1S/C17H22N6O2S/c1-17(2,3)23-16(20-21-22-23)26-10-14(24)18-13-6-4-5-11(9-13)15(25)19-12-7-8-12/h4-6,9,12H,7-8,10H2,1-3H3,(H,18,24)(H,19,25). The number of amides is 2. The molecule has 0 unspecified atom stereocenters. The van der Waals surface area contributed by atoms with Crippen molar-refractivity contribution in [1.29, 1.82) is 0 Å². The predicted octanol–water partition coefficient (Wildman–Crippen LogP) is 2.05. The van der Waals surface area contributed by atoms with Crippen molar-refractivity contribution in [2.24, 2.45) is 0 Å². The molecule has 8 nitrogen and oxygen atoms in total. The summed E-state index contributed by atoms with van der Waals surface area (Å²) >= 11 is 1.27. The van der Waals surface area contributed by atoms with Gasteiger partial charge in [-0.3, -0.25) is 9.59 Å². The number of hydrogen-bond donors (Lipinski definition) is 2. The largest absolute Gasteiger partial charge is 0.349 e. The maximum absolute atomic E-state index is 12.2. The molecule has 1 aliphatic rings. The van der Waals surface area contributed by atoms with Crippen molar-refractivity contribution in [3.8, 4) is 0 Å². The Bertz CT molecular complexity index is 810. The Labute approximate surface area is 156 Å². The number of hydrogen-bond acceptors (Lipinski definition) is 6. The molecule has 3 rings (SSSR count). The smallest absolute Gasteiger partial charge is 0.251 e. The minimum absolute atomic E-state index is 0.109. The fourth-order valence-electron chi connectivity index (χ4n) is 2.25. The first-order chi connectivity index (χ1) is 12.3. The van der Waals surface area contributed by atoms with Crippen LogP contribution >= 0.6 is 11.8 Å². The lowest BCUT2D eigenvalue weighted by Gasteiger charge is -2.19. The van der Waals surface area contributed by atoms with Crippen molar-refractivity contribution in [1.82, 2.24) is 25.5 Å². The van der Waals surface area contributed by atoms with Gasteiger partial charge in [-0.25, -0.2) is 4.68 Å². The molecular weight excluding hydrogens is 352 g/mol. The van der Waals surface area contributed by atoms with Crippen LogP contribution in [0.5, 0.6) is 0 Å². The highest BCUT2D eigenvalue weighted by Crippen LogP contribution is 2.22. The average Bonchev–Trinajstić information content (AvgIpc) is 3.25. The summed E-state index contributed by atoms with van der Waals surface area (Å²) in [6.45, 7) is 5.98. The highest BCUT2D eigenvalue weighted by atomic mass is 32.2. The van der Waals surface area contributed by atoms with E-state index in [4.69, 9.17) is 0 Å². The minimum atomic E-state index is -0.258. The van der Waals surface area contributed by atoms with Gasteiger partial charge in [0.25, 0.3) is 5.91 Å². The van der Waals surface area contributed by atoms with E-state index in [-0.39, 0.29) is 23.1 Å². The second-order valence-corrected chi connectivity index (χ2v) is 8.15. The Hall–Kier alpha value is -2.42. The zero-order valence-corrected chi connectivity index (χ0v) is 15.8. The zero-order valence-electron chi connectivity index (χ0n) is 15.0. The molecule has 2 N–H and O–H groups in total. The van der Waals surface area contributed by atoms with Crippen LogP contribution in [0.2, 0.25) is 0 Å². The molecule has 1 heterocycles. The van der Waals surface area contributed by atoms with Gasteiger partial charge in [-0.05, 0) is 62.2 Å². The SMILES string of the molecule is CC(C)(C)n1nnnc1SCC(=O)Nc1cccc(C(=O)NC2CC2)c1. The molecule has 1 aliphatic carbocycles. The second kappa shape index (κ2) is 7.45. The van der Waals surface area contributed by atoms with Gasteiger partial charge in [-0.1, -0.05) is 17.8 Å². The Kier molecular flexibility index (Phi) is 5.26. The van der Waals surface area contributed by atoms with Crippen LogP contribution in [0.15, 0.2) is 29.4 Å². The van der Waals surface area contributed by atoms with E-state index in [1.165, 1.54) is 11.8 Å². The minimum Gasteiger partial charge on any atom is -0.349 e. The number of carbonyl (C=O) groups is 2. The van der Waals surface area contributed by atoms with Crippen molar-refractivity contribution in [3.63, 3.8) is 0 Å². The lowest BCUT2D eigenvalue weighted by Crippen LogP contribution is -2.25. The van der Waals surface area contributed by atoms with E-state index in [0.717, 1.165) is 12.8 Å². The van der Waals surface area contributed by atoms with Crippen molar-refractivity contribution < 1.29 is 9.59 Å². The molecule has 26 heavy (non-hydrogen) atoms. The predicted molar refractivity (Wildman–Crippen MR) is 99.1 cm³/mol. The molecule has 2 amide bonds. The molecule has 2 aromatic rings. The highest BCUT2D eigenvalue weighted by Gasteiger charge is 2.24. The summed E-state index contributed by atoms with van der Waals surface area (Å²) in [7, 11) is 0. The molecule has 1 fully saturated rings. The molecule has 1 aromatic heterocycles. The molecular formula is C17H22N6O2S. The number of benzene rings is 1. The highest BCUT2D eigenvalue weighted by molar-refractivity contribution is 7.99. The average molecular weight is 374 g/mol. The Balaban J connectivity index is 1.57. The third kappa shape index (κ3) is 4.81. The third-order valence-corrected chi connectivity index (χ3v) is 4.65. The molecule has 0 aliphatic heterocycles. The van der Waals surface area contributed by atoms with Crippen LogP contribution in [0.25, 0.3) is 0 Å². The van der Waals surface area contributed by atoms with Gasteiger partial charge in [0.2, 0.25) is 11.1 Å². The van der Waals surface area contributed by atoms with Crippen LogP contribution in [-0.4, -0.2) is 43.8 Å². The fourth-order valence-corrected chi connectivity index (χ4v) is 3.11. The molecule has 1 aromatic carbocycles. The van der Waals surface area contributed by atoms with Crippen LogP contribution in [0.4, 0.5) is 5.69 Å². The van der Waals surface area contributed by atoms with E-state index in [9.17, 15) is 9.59 Å². The molecule has 9 heteroatoms. The first kappa shape index (κ1) is 18.4. The summed E-state index contributed by atoms with van der Waals surface area (Å²) in [5, 5.41) is 17.9. The van der Waals surface area contributed by atoms with Crippen molar-refractivity contribution >= 4 is 29.3 Å². The van der Waals surface area contributed by atoms with E-state index in [0.29, 0.717) is 22.4 Å². The van der Waals surface area contributed by atoms with Gasteiger partial charge < -0.3 is 10.6 Å². The maximum atomic E-state index is 12.2. The number of rotatable bonds is 6. The van der Waals surface area contributed by atoms with Gasteiger partial charge in [0.1, 0.15) is 0 Å². The van der Waals surface area contributed by atoms with Gasteiger partial charge in [-0.2, -0.15) is 0 Å². The lowest BCUT2D eigenvalue weighted by molar-refractivity contribution is -0.113. The fraction of sp³-hybridized carbons (Fsp3) is 0.471. The molecule has 0 atom stereocenters. The summed E-state index contributed by atoms with van der Waals surface area (Å²) < 4.78 is 1.69. The van der Waals surface area contributed by atoms with E-state index >= 15 is 0 Å². The summed E-state index contributed by atoms with van der Waals surface area (Å²) in [4.78, 5) is 24.3. The number of carbonyl (C=O) groups excluding carboxylic acids is 2. The van der Waals surface area contributed by atoms with E-state index < -0.39 is 0 Å². The van der Waals surface area contributed by atoms with E-state index in [1.54, 1.807) is 28.9 Å². The van der Waals surface area contributed by atoms with Gasteiger partial charge in [0.15, 0.2) is 0 Å². The van der Waals surface area contributed by atoms with Crippen LogP contribution in [0.3, 0.4) is 0 Å². The Morgan fingerprint density at radius 1 is 1.31 bits per heavy atom. The third-order valence-electron chi connectivity index (χ3n) is 3.73. The lowest BCUT2D eigenvalue weighted by atomic mass is 10.1. The first-order valence-electron chi connectivity index (χ1n) is 8.45. The molecule has 0 radical (unpaired) electrons. The van der Waals surface area contributed by atoms with E-state index in [2.05, 4.69) is 26.2 Å². The maximum Gasteiger partial charge on any atom is 0.251 e. The first-order valence-corrected chi connectivity index (χ1v) is 9.44. The molecule has 0 spiro atoms. The van der Waals surface area contributed by atoms with Gasteiger partial charge >= 0.3 is 0 Å². The normalized spacial score (nSPS) is 14.1. The number of anilines is 1. The number of aromatic nitrogens is 4. The monoisotopic (exact) mass is 374 g/mol. The van der Waals surface area contributed by atoms with Crippen molar-refractivity contribution in [3.05, 3.63) is 29.8 Å². The van der Waals surface area contributed by atoms with Crippen LogP contribution in [0.1, 0.15) is 44.0 Å². The van der Waals surface area contributed by atoms with Gasteiger partial charge in [0, 0.05) is 17.3 Å². The van der Waals surface area contributed by atoms with Gasteiger partial charge in [0.05, 0.1) is 11.3 Å². The molecule has 138 valence electrons. The summed E-state index contributed by atoms with van der Waals surface area (Å²) in [6.07, 6.45) is 2.07. The number of nitrogens with zero attached hydrogens (tertiary/aromatic N) is 4. The number of thioether (sulfide) groups is 1. The van der Waals surface area contributed by atoms with Crippen molar-refractivity contribution in [2.45, 2.75) is 50.4 Å². The molecule has 0 saturated heterocycles. The van der Waals surface area contributed by atoms with Crippen LogP contribution in [0, 0.1) is 0 Å². The van der Waals surface area contributed by atoms with Crippen molar-refractivity contribution in [2.75, 3.05) is 11.1 Å². The number of tetrazole rings is 1. The van der Waals surface area contributed by atoms with E-state index in [1.807, 2.05) is 20.8 Å². The number of nitrogens with one attached hydrogen (secondary N) is 2. The van der Waals surface area contributed by atoms with Crippen LogP contribution in [-0.2, 0) is 10.3 Å².